The van der Waals surface area contributed by atoms with E-state index in [0.717, 1.165) is 171 Å². The Hall–Kier alpha value is -13.7. The van der Waals surface area contributed by atoms with Gasteiger partial charge in [0.25, 0.3) is 0 Å². The predicted octanol–water partition coefficient (Wildman–Crippen LogP) is 21.3. The molecule has 0 radical (unpaired) electrons. The number of aromatic nitrogens is 19. The zero-order valence-corrected chi connectivity index (χ0v) is 77.4. The molecule has 0 aliphatic carbocycles. The van der Waals surface area contributed by atoms with Gasteiger partial charge in [-0.1, -0.05) is 82.0 Å². The van der Waals surface area contributed by atoms with Crippen LogP contribution in [0.4, 0.5) is 0 Å². The summed E-state index contributed by atoms with van der Waals surface area (Å²) in [5.74, 6) is 0. The van der Waals surface area contributed by atoms with Gasteiger partial charge in [-0.05, 0) is 310 Å². The summed E-state index contributed by atoms with van der Waals surface area (Å²) in [4.78, 5) is 46.5. The molecule has 0 aliphatic heterocycles. The van der Waals surface area contributed by atoms with E-state index in [9.17, 15) is 0 Å². The van der Waals surface area contributed by atoms with Crippen molar-refractivity contribution in [1.82, 2.24) is 96.3 Å². The highest BCUT2D eigenvalue weighted by atomic mass is 15.3. The van der Waals surface area contributed by atoms with Gasteiger partial charge in [0.2, 0.25) is 0 Å². The smallest absolute Gasteiger partial charge is 0.138 e. The van der Waals surface area contributed by atoms with E-state index in [1.807, 2.05) is 225 Å². The summed E-state index contributed by atoms with van der Waals surface area (Å²) in [7, 11) is 0. The molecule has 0 fully saturated rings. The van der Waals surface area contributed by atoms with E-state index in [4.69, 9.17) is 21.8 Å². The van der Waals surface area contributed by atoms with Gasteiger partial charge in [0, 0.05) is 90.0 Å². The van der Waals surface area contributed by atoms with E-state index in [1.54, 1.807) is 49.6 Å². The summed E-state index contributed by atoms with van der Waals surface area (Å²) in [6.07, 6.45) is 27.8. The van der Waals surface area contributed by atoms with E-state index in [1.165, 1.54) is 48.6 Å². The lowest BCUT2D eigenvalue weighted by molar-refractivity contribution is 0.826. The quantitative estimate of drug-likeness (QED) is 0.0340. The fourth-order valence-corrected chi connectivity index (χ4v) is 5.13. The third-order valence-corrected chi connectivity index (χ3v) is 15.4. The van der Waals surface area contributed by atoms with Gasteiger partial charge in [0.15, 0.2) is 0 Å². The monoisotopic (exact) mass is 1630 g/mol. The van der Waals surface area contributed by atoms with E-state index < -0.39 is 0 Å². The summed E-state index contributed by atoms with van der Waals surface area (Å²) in [6.45, 7) is 93.7. The molecule has 0 unspecified atom stereocenters. The second-order valence-electron chi connectivity index (χ2n) is 25.8. The maximum Gasteiger partial charge on any atom is 0.138 e. The molecule has 29 heteroatoms. The summed E-state index contributed by atoms with van der Waals surface area (Å²) < 4.78 is 0. The molecule has 8 rings (SSSR count). The van der Waals surface area contributed by atoms with Gasteiger partial charge in [-0.2, -0.15) is 25.5 Å². The fourth-order valence-electron chi connectivity index (χ4n) is 5.13. The summed E-state index contributed by atoms with van der Waals surface area (Å²) in [6, 6.07) is 5.95. The SMILES string of the molecule is C=C(C)/C(C)=C\C=N.C=C(C)/C(C)=C\N=N.C=C(C)C(C)=NC=N.C=C(C)C(C)=NC=N.C=CN=C(C)C(=C)C.C=CN=C(C)C(=C)C.C=N/C=C(/C)C(=C)C.Cc1cccnc1C.Cc1ccnnc1C.Cc1cncnc1C.Cc1cnnnc1C.Cc1cnnnc1C.Cc1nccnc1C.Cc1ncnnc1C.Cc1ncnnc1C. The van der Waals surface area contributed by atoms with Gasteiger partial charge in [0.05, 0.1) is 69.8 Å². The van der Waals surface area contributed by atoms with Crippen LogP contribution in [0.25, 0.3) is 0 Å². The lowest BCUT2D eigenvalue weighted by Crippen LogP contribution is -1.91. The molecular weight excluding hydrogens is 1500 g/mol. The number of hydrogen-bond acceptors (Lipinski definition) is 27. The largest absolute Gasteiger partial charge is 0.309 e. The van der Waals surface area contributed by atoms with E-state index in [0.29, 0.717) is 0 Å². The zero-order chi connectivity index (χ0) is 93.8. The van der Waals surface area contributed by atoms with Crippen molar-refractivity contribution in [2.75, 3.05) is 0 Å². The van der Waals surface area contributed by atoms with Crippen LogP contribution in [-0.2, 0) is 0 Å². The molecule has 0 saturated heterocycles. The Morgan fingerprint density at radius 1 is 0.325 bits per heavy atom. The number of rotatable bonds is 14. The Morgan fingerprint density at radius 2 is 0.658 bits per heavy atom. The van der Waals surface area contributed by atoms with Crippen LogP contribution in [0.1, 0.15) is 187 Å². The summed E-state index contributed by atoms with van der Waals surface area (Å²) >= 11 is 0. The summed E-state index contributed by atoms with van der Waals surface area (Å²) in [5.41, 5.74) is 36.4. The van der Waals surface area contributed by atoms with Gasteiger partial charge in [-0.3, -0.25) is 40.7 Å². The highest BCUT2D eigenvalue weighted by molar-refractivity contribution is 6.01. The third kappa shape index (κ3) is 73.2. The number of aryl methyl sites for hydroxylation is 16. The maximum atomic E-state index is 6.68. The first kappa shape index (κ1) is 120. The average molecular weight is 1640 g/mol. The van der Waals surface area contributed by atoms with Crippen molar-refractivity contribution in [2.45, 2.75) is 208 Å². The second kappa shape index (κ2) is 76.6. The zero-order valence-electron chi connectivity index (χ0n) is 77.4. The van der Waals surface area contributed by atoms with Crippen molar-refractivity contribution < 1.29 is 0 Å². The Bertz CT molecular complexity index is 3660. The van der Waals surface area contributed by atoms with E-state index >= 15 is 0 Å². The van der Waals surface area contributed by atoms with Crippen molar-refractivity contribution in [3.63, 3.8) is 0 Å². The Kier molecular flexibility index (Phi) is 76.2. The molecule has 644 valence electrons. The maximum absolute atomic E-state index is 6.68. The van der Waals surface area contributed by atoms with Crippen molar-refractivity contribution in [1.29, 1.82) is 21.8 Å². The van der Waals surface area contributed by atoms with Gasteiger partial charge in [-0.15, -0.1) is 30.6 Å². The number of hydrogen-bond donors (Lipinski definition) is 4. The molecule has 29 nitrogen and oxygen atoms in total. The molecule has 8 aromatic heterocycles. The molecule has 8 heterocycles. The van der Waals surface area contributed by atoms with Crippen molar-refractivity contribution in [3.05, 3.63) is 317 Å². The van der Waals surface area contributed by atoms with Crippen molar-refractivity contribution in [3.8, 4) is 0 Å². The van der Waals surface area contributed by atoms with Gasteiger partial charge >= 0.3 is 0 Å². The lowest BCUT2D eigenvalue weighted by atomic mass is 10.1. The minimum atomic E-state index is 0.819. The van der Waals surface area contributed by atoms with Crippen LogP contribution in [0, 0.1) is 133 Å². The molecule has 0 saturated carbocycles. The van der Waals surface area contributed by atoms with Crippen LogP contribution in [0.15, 0.2) is 256 Å². The topological polar surface area (TPSA) is 414 Å². The summed E-state index contributed by atoms with van der Waals surface area (Å²) in [5, 5.41) is 66.6. The minimum absolute atomic E-state index is 0.819. The standard InChI is InChI=1S/C7H9N.4C7H11N.3C6H8N2.3C6H10N2.4C5H7N3/c1-6-4-3-5-8-7(6)2;1-6(2)7(3)5-8-4;1-6(2)7(3)4-5-8;2*1-5-8-7(4)6(2)3;1-5-3-7-4-8-6(5)2;1-5-6(2)8-4-3-7-5;1-5-3-4-7-8-6(5)2;2*1-5(2)6(3)8-4-7;1-5(2)6(3)4-8-7;2*1-4-5(2)8-7-3-6-4;2*1-4-3-6-8-7-5(4)2/h3-5H,1-2H3;5H,1,4H2,2-3H3;4-5,8H,1H2,2-3H3;2*5H,1-2H2,3-4H3;3*3-4H,1-2H3;3*4,7H,1H2,2-3H3;4*3H,1-2H3/b;7-5-;7-4-,8-5?;;;;;;;;6-4-,8-7?;;;;. The molecule has 0 aromatic carbocycles. The molecule has 4 N–H and O–H groups in total. The Balaban J connectivity index is -0.000000228. The number of aliphatic imine (C=N–C) groups is 5. The highest BCUT2D eigenvalue weighted by Crippen LogP contribution is 2.06. The molecule has 0 aliphatic rings. The lowest BCUT2D eigenvalue weighted by Gasteiger charge is -1.92. The first-order valence-corrected chi connectivity index (χ1v) is 37.1. The van der Waals surface area contributed by atoms with Crippen LogP contribution < -0.4 is 0 Å². The predicted molar refractivity (Wildman–Crippen MR) is 504 cm³/mol. The first-order chi connectivity index (χ1) is 56.2. The van der Waals surface area contributed by atoms with Crippen LogP contribution in [-0.4, -0.2) is 145 Å². The number of pyridine rings is 1. The van der Waals surface area contributed by atoms with Crippen LogP contribution >= 0.6 is 0 Å². The van der Waals surface area contributed by atoms with Crippen LogP contribution in [0.3, 0.4) is 0 Å². The number of nitrogens with one attached hydrogen (secondary N) is 4. The molecular formula is C91H135N29. The first-order valence-electron chi connectivity index (χ1n) is 37.1. The number of nitrogens with zero attached hydrogens (tertiary/aromatic N) is 25. The van der Waals surface area contributed by atoms with Crippen molar-refractivity contribution >= 4 is 48.5 Å². The molecule has 0 atom stereocenters. The minimum Gasteiger partial charge on any atom is -0.309 e. The van der Waals surface area contributed by atoms with E-state index in [-0.39, 0.29) is 0 Å². The van der Waals surface area contributed by atoms with Gasteiger partial charge in [0.1, 0.15) is 31.7 Å². The van der Waals surface area contributed by atoms with Crippen LogP contribution in [0.5, 0.6) is 0 Å². The Morgan fingerprint density at radius 3 is 0.842 bits per heavy atom. The molecule has 120 heavy (non-hydrogen) atoms. The molecule has 0 spiro atoms. The van der Waals surface area contributed by atoms with Gasteiger partial charge in [-0.25, -0.2) is 35.5 Å². The average Bonchev–Trinajstić information content (AvgIpc) is 0.967. The van der Waals surface area contributed by atoms with E-state index in [2.05, 4.69) is 205 Å². The van der Waals surface area contributed by atoms with Crippen molar-refractivity contribution in [2.24, 2.45) is 30.1 Å². The molecule has 0 amide bonds. The second-order valence-corrected chi connectivity index (χ2v) is 25.8. The number of allylic oxidation sites excluding steroid dienone is 11. The molecule has 8 aromatic rings. The Labute approximate surface area is 717 Å². The third-order valence-electron chi connectivity index (χ3n) is 15.4. The highest BCUT2D eigenvalue weighted by Gasteiger charge is 1.96. The fraction of sp³-hybridized carbons (Fsp3) is 0.330. The van der Waals surface area contributed by atoms with Crippen LogP contribution in [0.2, 0.25) is 0 Å². The van der Waals surface area contributed by atoms with Gasteiger partial charge < -0.3 is 5.41 Å². The molecule has 0 bridgehead atoms. The normalized spacial score (nSPS) is 10.1.